The average Bonchev–Trinajstić information content (AvgIpc) is 2.70. The highest BCUT2D eigenvalue weighted by Crippen LogP contribution is 2.44. The van der Waals surface area contributed by atoms with Gasteiger partial charge in [0.2, 0.25) is 0 Å². The van der Waals surface area contributed by atoms with Crippen molar-refractivity contribution in [2.45, 2.75) is 128 Å². The molecule has 0 saturated heterocycles. The molecular weight excluding hydrogens is 481 g/mol. The second-order valence-electron chi connectivity index (χ2n) is 10.3. The monoisotopic (exact) mass is 526 g/mol. The molecule has 0 unspecified atom stereocenters. The first-order valence-corrected chi connectivity index (χ1v) is 23.7. The van der Waals surface area contributed by atoms with E-state index in [1.54, 1.807) is 0 Å². The molecular formula is C22H46O2S4Si2. The van der Waals surface area contributed by atoms with Crippen LogP contribution in [-0.4, -0.2) is 40.3 Å². The van der Waals surface area contributed by atoms with Crippen molar-refractivity contribution in [2.24, 2.45) is 0 Å². The topological polar surface area (TPSA) is 18.5 Å². The number of rotatable bonds is 15. The highest BCUT2D eigenvalue weighted by atomic mass is 33.7. The van der Waals surface area contributed by atoms with E-state index in [1.165, 1.54) is 101 Å². The Morgan fingerprint density at radius 2 is 0.967 bits per heavy atom. The first-order valence-electron chi connectivity index (χ1n) is 12.3. The van der Waals surface area contributed by atoms with Gasteiger partial charge in [0, 0.05) is 23.7 Å². The van der Waals surface area contributed by atoms with Crippen LogP contribution >= 0.6 is 41.2 Å². The summed E-state index contributed by atoms with van der Waals surface area (Å²) in [5.41, 5.74) is 0. The molecule has 0 aromatic rings. The molecule has 2 saturated carbocycles. The zero-order chi connectivity index (χ0) is 21.7. The fourth-order valence-electron chi connectivity index (χ4n) is 4.61. The molecule has 0 N–H and O–H groups in total. The van der Waals surface area contributed by atoms with Gasteiger partial charge in [0.15, 0.2) is 16.6 Å². The molecule has 178 valence electrons. The molecule has 2 aliphatic carbocycles. The van der Waals surface area contributed by atoms with Gasteiger partial charge in [0.25, 0.3) is 0 Å². The summed E-state index contributed by atoms with van der Waals surface area (Å²) in [6.07, 6.45) is 17.4. The molecule has 0 heterocycles. The van der Waals surface area contributed by atoms with Crippen molar-refractivity contribution in [3.63, 3.8) is 0 Å². The van der Waals surface area contributed by atoms with Gasteiger partial charge in [-0.25, -0.2) is 0 Å². The lowest BCUT2D eigenvalue weighted by molar-refractivity contribution is 0.145. The summed E-state index contributed by atoms with van der Waals surface area (Å²) in [6.45, 7) is 9.69. The molecule has 0 spiro atoms. The van der Waals surface area contributed by atoms with Crippen molar-refractivity contribution in [1.82, 2.24) is 0 Å². The molecule has 0 aromatic heterocycles. The van der Waals surface area contributed by atoms with Crippen molar-refractivity contribution in [2.75, 3.05) is 11.5 Å². The Hall–Kier alpha value is 1.75. The summed E-state index contributed by atoms with van der Waals surface area (Å²) in [4.78, 5) is 0. The molecule has 8 heteroatoms. The van der Waals surface area contributed by atoms with Gasteiger partial charge in [-0.3, -0.25) is 0 Å². The quantitative estimate of drug-likeness (QED) is 0.119. The summed E-state index contributed by atoms with van der Waals surface area (Å²) < 4.78 is 13.1. The molecule has 30 heavy (non-hydrogen) atoms. The maximum absolute atomic E-state index is 6.53. The Labute approximate surface area is 204 Å². The minimum absolute atomic E-state index is 0.579. The predicted octanol–water partition coefficient (Wildman–Crippen LogP) is 9.55. The zero-order valence-electron chi connectivity index (χ0n) is 19.9. The summed E-state index contributed by atoms with van der Waals surface area (Å²) in [5.74, 6) is 2.52. The lowest BCUT2D eigenvalue weighted by Gasteiger charge is -2.31. The van der Waals surface area contributed by atoms with Gasteiger partial charge in [0.05, 0.1) is 0 Å². The van der Waals surface area contributed by atoms with Gasteiger partial charge in [-0.05, 0) is 96.5 Å². The molecule has 0 radical (unpaired) electrons. The van der Waals surface area contributed by atoms with Gasteiger partial charge >= 0.3 is 0 Å². The highest BCUT2D eigenvalue weighted by molar-refractivity contribution is 9.26. The minimum atomic E-state index is -1.45. The Kier molecular flexibility index (Phi) is 14.6. The first-order chi connectivity index (χ1) is 14.4. The van der Waals surface area contributed by atoms with Gasteiger partial charge in [-0.15, -0.1) is 0 Å². The van der Waals surface area contributed by atoms with E-state index in [4.69, 9.17) is 8.85 Å². The molecule has 0 bridgehead atoms. The smallest absolute Gasteiger partial charge is 0.187 e. The van der Waals surface area contributed by atoms with Crippen LogP contribution in [0.25, 0.3) is 0 Å². The molecule has 0 aromatic carbocycles. The summed E-state index contributed by atoms with van der Waals surface area (Å²) in [7, 11) is 5.12. The summed E-state index contributed by atoms with van der Waals surface area (Å²) in [6, 6.07) is 2.63. The van der Waals surface area contributed by atoms with Crippen LogP contribution in [0.2, 0.25) is 38.3 Å². The Morgan fingerprint density at radius 1 is 0.600 bits per heavy atom. The molecule has 2 rings (SSSR count). The second kappa shape index (κ2) is 15.6. The van der Waals surface area contributed by atoms with Crippen LogP contribution in [-0.2, 0) is 8.85 Å². The van der Waals surface area contributed by atoms with Gasteiger partial charge in [0.1, 0.15) is 0 Å². The van der Waals surface area contributed by atoms with Crippen LogP contribution in [0.15, 0.2) is 0 Å². The van der Waals surface area contributed by atoms with Crippen LogP contribution < -0.4 is 0 Å². The SMILES string of the molecule is C[Si](C)(CCCSSSSCCC[Si](C)(C)OC1CCCCC1)OC1CCCCC1. The van der Waals surface area contributed by atoms with Gasteiger partial charge < -0.3 is 8.85 Å². The summed E-state index contributed by atoms with van der Waals surface area (Å²) in [5, 5.41) is 0. The maximum Gasteiger partial charge on any atom is 0.187 e. The lowest BCUT2D eigenvalue weighted by atomic mass is 9.98. The molecule has 2 nitrogen and oxygen atoms in total. The fourth-order valence-corrected chi connectivity index (χ4v) is 15.8. The first kappa shape index (κ1) is 28.0. The molecule has 2 aliphatic rings. The normalized spacial score (nSPS) is 20.0. The standard InChI is InChI=1S/C22H46O2S4Si2/c1-29(2,23-21-13-7-5-8-14-21)19-11-17-25-27-28-26-18-12-20-30(3,4)24-22-15-9-6-10-16-22/h21-22H,5-20H2,1-4H3. The van der Waals surface area contributed by atoms with E-state index in [9.17, 15) is 0 Å². The third-order valence-electron chi connectivity index (χ3n) is 6.21. The van der Waals surface area contributed by atoms with E-state index in [0.717, 1.165) is 0 Å². The zero-order valence-corrected chi connectivity index (χ0v) is 25.2. The van der Waals surface area contributed by atoms with E-state index in [-0.39, 0.29) is 0 Å². The highest BCUT2D eigenvalue weighted by Gasteiger charge is 2.28. The lowest BCUT2D eigenvalue weighted by Crippen LogP contribution is -2.36. The Bertz CT molecular complexity index is 403. The minimum Gasteiger partial charge on any atom is -0.414 e. The van der Waals surface area contributed by atoms with Crippen molar-refractivity contribution in [3.05, 3.63) is 0 Å². The third kappa shape index (κ3) is 13.5. The molecule has 0 aliphatic heterocycles. The van der Waals surface area contributed by atoms with E-state index in [2.05, 4.69) is 26.2 Å². The van der Waals surface area contributed by atoms with Gasteiger partial charge in [-0.2, -0.15) is 0 Å². The van der Waals surface area contributed by atoms with Gasteiger partial charge in [-0.1, -0.05) is 60.1 Å². The van der Waals surface area contributed by atoms with Crippen LogP contribution in [0.3, 0.4) is 0 Å². The van der Waals surface area contributed by atoms with Crippen molar-refractivity contribution >= 4 is 57.9 Å². The maximum atomic E-state index is 6.53. The largest absolute Gasteiger partial charge is 0.414 e. The molecule has 2 fully saturated rings. The van der Waals surface area contributed by atoms with Crippen molar-refractivity contribution in [3.8, 4) is 0 Å². The fraction of sp³-hybridized carbons (Fsp3) is 1.00. The van der Waals surface area contributed by atoms with Crippen molar-refractivity contribution < 1.29 is 8.85 Å². The van der Waals surface area contributed by atoms with Crippen molar-refractivity contribution in [1.29, 1.82) is 0 Å². The number of hydrogen-bond donors (Lipinski definition) is 0. The van der Waals surface area contributed by atoms with E-state index >= 15 is 0 Å². The second-order valence-corrected chi connectivity index (χ2v) is 25.0. The van der Waals surface area contributed by atoms with E-state index in [0.29, 0.717) is 12.2 Å². The number of hydrogen-bond acceptors (Lipinski definition) is 6. The van der Waals surface area contributed by atoms with Crippen LogP contribution in [0, 0.1) is 0 Å². The molecule has 0 atom stereocenters. The Morgan fingerprint density at radius 3 is 1.33 bits per heavy atom. The van der Waals surface area contributed by atoms with E-state index < -0.39 is 16.6 Å². The Balaban J connectivity index is 1.39. The summed E-state index contributed by atoms with van der Waals surface area (Å²) >= 11 is 0. The van der Waals surface area contributed by atoms with Crippen LogP contribution in [0.1, 0.15) is 77.0 Å². The van der Waals surface area contributed by atoms with Crippen LogP contribution in [0.4, 0.5) is 0 Å². The van der Waals surface area contributed by atoms with E-state index in [1.807, 2.05) is 41.2 Å². The van der Waals surface area contributed by atoms with Crippen LogP contribution in [0.5, 0.6) is 0 Å². The molecule has 0 amide bonds. The third-order valence-corrected chi connectivity index (χ3v) is 17.9. The predicted molar refractivity (Wildman–Crippen MR) is 150 cm³/mol. The average molecular weight is 527 g/mol.